The molecule has 6 heteroatoms. The van der Waals surface area contributed by atoms with Crippen LogP contribution in [0.1, 0.15) is 5.56 Å². The highest BCUT2D eigenvalue weighted by Crippen LogP contribution is 2.26. The number of carbonyl (C=O) groups is 1. The van der Waals surface area contributed by atoms with Crippen molar-refractivity contribution in [1.82, 2.24) is 4.90 Å². The fraction of sp³-hybridized carbons (Fsp3) is 0.462. The van der Waals surface area contributed by atoms with Crippen LogP contribution in [0.5, 0.6) is 11.5 Å². The van der Waals surface area contributed by atoms with Gasteiger partial charge in [0.1, 0.15) is 0 Å². The minimum atomic E-state index is -0.887. The third kappa shape index (κ3) is 5.15. The van der Waals surface area contributed by atoms with Crippen molar-refractivity contribution >= 4 is 5.97 Å². The zero-order chi connectivity index (χ0) is 14.3. The largest absolute Gasteiger partial charge is 0.504 e. The van der Waals surface area contributed by atoms with Crippen molar-refractivity contribution in [2.75, 3.05) is 33.9 Å². The Morgan fingerprint density at radius 1 is 1.37 bits per heavy atom. The number of methoxy groups -OCH3 is 2. The molecule has 6 nitrogen and oxygen atoms in total. The van der Waals surface area contributed by atoms with Crippen molar-refractivity contribution in [2.24, 2.45) is 0 Å². The predicted molar refractivity (Wildman–Crippen MR) is 69.4 cm³/mol. The van der Waals surface area contributed by atoms with E-state index in [2.05, 4.69) is 0 Å². The van der Waals surface area contributed by atoms with Gasteiger partial charge in [0.25, 0.3) is 0 Å². The number of benzene rings is 1. The molecule has 0 fully saturated rings. The number of phenolic OH excluding ortho intramolecular Hbond substituents is 1. The Bertz CT molecular complexity index is 421. The average molecular weight is 269 g/mol. The number of aliphatic carboxylic acids is 1. The van der Waals surface area contributed by atoms with Crippen molar-refractivity contribution < 1.29 is 24.5 Å². The molecule has 0 heterocycles. The summed E-state index contributed by atoms with van der Waals surface area (Å²) in [5.74, 6) is -0.450. The summed E-state index contributed by atoms with van der Waals surface area (Å²) in [6, 6.07) is 4.96. The number of carboxylic acids is 1. The molecule has 0 aromatic heterocycles. The normalized spacial score (nSPS) is 10.7. The molecular weight excluding hydrogens is 250 g/mol. The first-order valence-corrected chi connectivity index (χ1v) is 5.85. The van der Waals surface area contributed by atoms with E-state index in [1.54, 1.807) is 24.1 Å². The summed E-state index contributed by atoms with van der Waals surface area (Å²) in [7, 11) is 3.04. The Labute approximate surface area is 112 Å². The minimum Gasteiger partial charge on any atom is -0.504 e. The molecule has 0 unspecified atom stereocenters. The molecule has 0 aliphatic heterocycles. The molecule has 1 aromatic carbocycles. The second-order valence-corrected chi connectivity index (χ2v) is 4.10. The zero-order valence-corrected chi connectivity index (χ0v) is 11.1. The number of carboxylic acid groups (broad SMARTS) is 1. The Kier molecular flexibility index (Phi) is 6.11. The fourth-order valence-electron chi connectivity index (χ4n) is 1.70. The molecule has 0 aliphatic carbocycles. The molecule has 2 N–H and O–H groups in total. The Morgan fingerprint density at radius 2 is 2.11 bits per heavy atom. The van der Waals surface area contributed by atoms with Gasteiger partial charge >= 0.3 is 5.97 Å². The van der Waals surface area contributed by atoms with Gasteiger partial charge in [0, 0.05) is 20.2 Å². The lowest BCUT2D eigenvalue weighted by Gasteiger charge is -2.20. The summed E-state index contributed by atoms with van der Waals surface area (Å²) < 4.78 is 9.98. The van der Waals surface area contributed by atoms with E-state index in [0.29, 0.717) is 25.4 Å². The second-order valence-electron chi connectivity index (χ2n) is 4.10. The Morgan fingerprint density at radius 3 is 2.68 bits per heavy atom. The summed E-state index contributed by atoms with van der Waals surface area (Å²) >= 11 is 0. The van der Waals surface area contributed by atoms with Crippen LogP contribution in [0.25, 0.3) is 0 Å². The highest BCUT2D eigenvalue weighted by Gasteiger charge is 2.11. The van der Waals surface area contributed by atoms with Crippen LogP contribution in [0.4, 0.5) is 0 Å². The van der Waals surface area contributed by atoms with Crippen LogP contribution in [0.15, 0.2) is 18.2 Å². The van der Waals surface area contributed by atoms with Crippen LogP contribution in [-0.4, -0.2) is 55.0 Å². The number of hydrogen-bond acceptors (Lipinski definition) is 5. The van der Waals surface area contributed by atoms with Crippen molar-refractivity contribution in [3.05, 3.63) is 23.8 Å². The molecule has 0 bridgehead atoms. The van der Waals surface area contributed by atoms with Gasteiger partial charge in [0.05, 0.1) is 20.3 Å². The monoisotopic (exact) mass is 269 g/mol. The molecule has 0 spiro atoms. The van der Waals surface area contributed by atoms with Gasteiger partial charge in [-0.1, -0.05) is 6.07 Å². The van der Waals surface area contributed by atoms with E-state index in [-0.39, 0.29) is 12.3 Å². The molecule has 0 atom stereocenters. The maximum atomic E-state index is 10.8. The minimum absolute atomic E-state index is 0.0629. The predicted octanol–water partition coefficient (Wildman–Crippen LogP) is 0.934. The SMILES string of the molecule is COCCN(CC(=O)O)Cc1ccc(O)c(OC)c1. The van der Waals surface area contributed by atoms with E-state index in [9.17, 15) is 9.90 Å². The van der Waals surface area contributed by atoms with Crippen LogP contribution in [0, 0.1) is 0 Å². The molecule has 19 heavy (non-hydrogen) atoms. The first-order valence-electron chi connectivity index (χ1n) is 5.85. The summed E-state index contributed by atoms with van der Waals surface area (Å²) in [6.07, 6.45) is 0. The van der Waals surface area contributed by atoms with Crippen molar-refractivity contribution in [2.45, 2.75) is 6.54 Å². The molecule has 1 aromatic rings. The zero-order valence-electron chi connectivity index (χ0n) is 11.1. The van der Waals surface area contributed by atoms with Gasteiger partial charge < -0.3 is 19.7 Å². The number of rotatable bonds is 8. The van der Waals surface area contributed by atoms with Crippen LogP contribution in [0.3, 0.4) is 0 Å². The highest BCUT2D eigenvalue weighted by molar-refractivity contribution is 5.69. The van der Waals surface area contributed by atoms with Crippen LogP contribution in [-0.2, 0) is 16.1 Å². The lowest BCUT2D eigenvalue weighted by molar-refractivity contribution is -0.138. The van der Waals surface area contributed by atoms with Gasteiger partial charge in [-0.3, -0.25) is 9.69 Å². The third-order valence-electron chi connectivity index (χ3n) is 2.62. The Hall–Kier alpha value is -1.79. The van der Waals surface area contributed by atoms with Gasteiger partial charge in [-0.25, -0.2) is 0 Å². The number of phenols is 1. The number of hydrogen-bond donors (Lipinski definition) is 2. The standard InChI is InChI=1S/C13H19NO5/c1-18-6-5-14(9-13(16)17)8-10-3-4-11(15)12(7-10)19-2/h3-4,7,15H,5-6,8-9H2,1-2H3,(H,16,17). The average Bonchev–Trinajstić information content (AvgIpc) is 2.37. The topological polar surface area (TPSA) is 79.2 Å². The maximum Gasteiger partial charge on any atom is 0.317 e. The molecule has 106 valence electrons. The van der Waals surface area contributed by atoms with Crippen molar-refractivity contribution in [3.8, 4) is 11.5 Å². The van der Waals surface area contributed by atoms with Crippen LogP contribution >= 0.6 is 0 Å². The Balaban J connectivity index is 2.74. The third-order valence-corrected chi connectivity index (χ3v) is 2.62. The van der Waals surface area contributed by atoms with E-state index in [4.69, 9.17) is 14.6 Å². The molecule has 0 saturated heterocycles. The van der Waals surface area contributed by atoms with Gasteiger partial charge in [0.15, 0.2) is 11.5 Å². The number of nitrogens with zero attached hydrogens (tertiary/aromatic N) is 1. The molecule has 0 aliphatic rings. The van der Waals surface area contributed by atoms with Crippen molar-refractivity contribution in [1.29, 1.82) is 0 Å². The first kappa shape index (κ1) is 15.3. The number of aromatic hydroxyl groups is 1. The van der Waals surface area contributed by atoms with Crippen molar-refractivity contribution in [3.63, 3.8) is 0 Å². The molecule has 0 saturated carbocycles. The van der Waals surface area contributed by atoms with Crippen LogP contribution < -0.4 is 4.74 Å². The highest BCUT2D eigenvalue weighted by atomic mass is 16.5. The lowest BCUT2D eigenvalue weighted by Crippen LogP contribution is -2.32. The van der Waals surface area contributed by atoms with Gasteiger partial charge in [0.2, 0.25) is 0 Å². The van der Waals surface area contributed by atoms with Crippen LogP contribution in [0.2, 0.25) is 0 Å². The molecule has 0 amide bonds. The molecule has 1 rings (SSSR count). The fourth-order valence-corrected chi connectivity index (χ4v) is 1.70. The van der Waals surface area contributed by atoms with E-state index < -0.39 is 5.97 Å². The van der Waals surface area contributed by atoms with E-state index in [1.807, 2.05) is 0 Å². The van der Waals surface area contributed by atoms with Gasteiger partial charge in [-0.15, -0.1) is 0 Å². The van der Waals surface area contributed by atoms with E-state index >= 15 is 0 Å². The van der Waals surface area contributed by atoms with Gasteiger partial charge in [-0.05, 0) is 17.7 Å². The summed E-state index contributed by atoms with van der Waals surface area (Å²) in [6.45, 7) is 1.37. The van der Waals surface area contributed by atoms with E-state index in [0.717, 1.165) is 5.56 Å². The summed E-state index contributed by atoms with van der Waals surface area (Å²) in [5, 5.41) is 18.4. The maximum absolute atomic E-state index is 10.8. The summed E-state index contributed by atoms with van der Waals surface area (Å²) in [5.41, 5.74) is 0.868. The second kappa shape index (κ2) is 7.60. The first-order chi connectivity index (χ1) is 9.06. The lowest BCUT2D eigenvalue weighted by atomic mass is 10.2. The molecule has 0 radical (unpaired) electrons. The molecular formula is C13H19NO5. The smallest absolute Gasteiger partial charge is 0.317 e. The quantitative estimate of drug-likeness (QED) is 0.731. The summed E-state index contributed by atoms with van der Waals surface area (Å²) in [4.78, 5) is 12.5. The number of ether oxygens (including phenoxy) is 2. The van der Waals surface area contributed by atoms with E-state index in [1.165, 1.54) is 13.2 Å². The van der Waals surface area contributed by atoms with Gasteiger partial charge in [-0.2, -0.15) is 0 Å².